The Hall–Kier alpha value is -3.68. The van der Waals surface area contributed by atoms with Crippen molar-refractivity contribution in [2.45, 2.75) is 6.04 Å². The summed E-state index contributed by atoms with van der Waals surface area (Å²) in [5.74, 6) is 0.369. The standard InChI is InChI=1S/C23H20ClN5O4S/c1-34(31,32)12-11-28-15-21(29(23(28)30)18-7-5-17(24)6-8-18)16-3-2-4-19(13-16)33-22-20(14-25)26-9-10-27-22/h2-10,13,21H,11-12,15H2,1H3/t21-/m1/s1. The molecule has 2 heterocycles. The van der Waals surface area contributed by atoms with Crippen molar-refractivity contribution in [3.8, 4) is 17.7 Å². The van der Waals surface area contributed by atoms with Crippen molar-refractivity contribution in [2.75, 3.05) is 30.0 Å². The third-order valence-electron chi connectivity index (χ3n) is 5.25. The summed E-state index contributed by atoms with van der Waals surface area (Å²) in [6.07, 6.45) is 3.98. The van der Waals surface area contributed by atoms with E-state index in [0.717, 1.165) is 11.8 Å². The molecule has 1 aromatic heterocycles. The highest BCUT2D eigenvalue weighted by Gasteiger charge is 2.39. The van der Waals surface area contributed by atoms with E-state index < -0.39 is 15.9 Å². The average molecular weight is 498 g/mol. The number of aromatic nitrogens is 2. The fourth-order valence-corrected chi connectivity index (χ4v) is 4.32. The molecule has 3 aromatic rings. The number of amides is 2. The molecule has 0 radical (unpaired) electrons. The first-order chi connectivity index (χ1) is 16.2. The molecule has 0 bridgehead atoms. The lowest BCUT2D eigenvalue weighted by Gasteiger charge is -2.24. The van der Waals surface area contributed by atoms with Gasteiger partial charge in [-0.2, -0.15) is 5.26 Å². The van der Waals surface area contributed by atoms with Crippen LogP contribution in [0.2, 0.25) is 5.02 Å². The van der Waals surface area contributed by atoms with Crippen molar-refractivity contribution in [1.29, 1.82) is 5.26 Å². The number of ether oxygens (including phenoxy) is 1. The summed E-state index contributed by atoms with van der Waals surface area (Å²) in [5.41, 5.74) is 1.46. The molecule has 9 nitrogen and oxygen atoms in total. The van der Waals surface area contributed by atoms with E-state index in [4.69, 9.17) is 16.3 Å². The van der Waals surface area contributed by atoms with Gasteiger partial charge in [0.2, 0.25) is 5.69 Å². The summed E-state index contributed by atoms with van der Waals surface area (Å²) in [7, 11) is -3.24. The fraction of sp³-hybridized carbons (Fsp3) is 0.217. The average Bonchev–Trinajstić information content (AvgIpc) is 3.14. The number of anilines is 1. The Labute approximate surface area is 202 Å². The Balaban J connectivity index is 1.67. The monoisotopic (exact) mass is 497 g/mol. The summed E-state index contributed by atoms with van der Waals surface area (Å²) in [6.45, 7) is 0.370. The molecule has 174 valence electrons. The highest BCUT2D eigenvalue weighted by atomic mass is 35.5. The largest absolute Gasteiger partial charge is 0.436 e. The third-order valence-corrected chi connectivity index (χ3v) is 6.42. The number of carbonyl (C=O) groups excluding carboxylic acids is 1. The van der Waals surface area contributed by atoms with E-state index in [0.29, 0.717) is 16.5 Å². The van der Waals surface area contributed by atoms with Gasteiger partial charge in [-0.15, -0.1) is 0 Å². The minimum absolute atomic E-state index is 0.0543. The predicted molar refractivity (Wildman–Crippen MR) is 127 cm³/mol. The fourth-order valence-electron chi connectivity index (χ4n) is 3.64. The van der Waals surface area contributed by atoms with Crippen LogP contribution in [0.5, 0.6) is 11.6 Å². The van der Waals surface area contributed by atoms with Gasteiger partial charge < -0.3 is 9.64 Å². The van der Waals surface area contributed by atoms with E-state index in [1.807, 2.05) is 12.1 Å². The minimum atomic E-state index is -3.24. The number of nitrogens with zero attached hydrogens (tertiary/aromatic N) is 5. The van der Waals surface area contributed by atoms with Crippen molar-refractivity contribution in [3.63, 3.8) is 0 Å². The summed E-state index contributed by atoms with van der Waals surface area (Å²) < 4.78 is 29.2. The van der Waals surface area contributed by atoms with Gasteiger partial charge in [-0.3, -0.25) is 4.90 Å². The number of benzene rings is 2. The van der Waals surface area contributed by atoms with Crippen molar-refractivity contribution in [1.82, 2.24) is 14.9 Å². The second-order valence-corrected chi connectivity index (χ2v) is 10.4. The lowest BCUT2D eigenvalue weighted by atomic mass is 10.1. The smallest absolute Gasteiger partial charge is 0.325 e. The first-order valence-corrected chi connectivity index (χ1v) is 12.7. The maximum atomic E-state index is 13.3. The Morgan fingerprint density at radius 3 is 2.62 bits per heavy atom. The van der Waals surface area contributed by atoms with Crippen molar-refractivity contribution in [2.24, 2.45) is 0 Å². The number of sulfone groups is 1. The van der Waals surface area contributed by atoms with Crippen LogP contribution in [0, 0.1) is 11.3 Å². The van der Waals surface area contributed by atoms with Crippen LogP contribution in [0.3, 0.4) is 0 Å². The Bertz CT molecular complexity index is 1360. The molecule has 1 aliphatic heterocycles. The molecule has 1 fully saturated rings. The normalized spacial score (nSPS) is 15.9. The zero-order valence-corrected chi connectivity index (χ0v) is 19.7. The Morgan fingerprint density at radius 1 is 1.18 bits per heavy atom. The van der Waals surface area contributed by atoms with Gasteiger partial charge in [0.15, 0.2) is 0 Å². The first kappa shape index (κ1) is 23.5. The Kier molecular flexibility index (Phi) is 6.68. The van der Waals surface area contributed by atoms with Gasteiger partial charge in [-0.25, -0.2) is 23.2 Å². The Morgan fingerprint density at radius 2 is 1.91 bits per heavy atom. The van der Waals surface area contributed by atoms with Gasteiger partial charge in [0.05, 0.1) is 11.8 Å². The molecular formula is C23H20ClN5O4S. The molecular weight excluding hydrogens is 478 g/mol. The third kappa shape index (κ3) is 5.27. The molecule has 0 unspecified atom stereocenters. The van der Waals surface area contributed by atoms with Crippen LogP contribution in [-0.4, -0.2) is 54.4 Å². The van der Waals surface area contributed by atoms with Gasteiger partial charge >= 0.3 is 6.03 Å². The van der Waals surface area contributed by atoms with Crippen LogP contribution in [0.15, 0.2) is 60.9 Å². The molecule has 34 heavy (non-hydrogen) atoms. The minimum Gasteiger partial charge on any atom is -0.436 e. The zero-order valence-electron chi connectivity index (χ0n) is 18.1. The predicted octanol–water partition coefficient (Wildman–Crippen LogP) is 3.82. The van der Waals surface area contributed by atoms with Crippen LogP contribution in [0.1, 0.15) is 17.3 Å². The van der Waals surface area contributed by atoms with Crippen molar-refractivity contribution < 1.29 is 17.9 Å². The molecule has 0 saturated carbocycles. The van der Waals surface area contributed by atoms with Crippen LogP contribution >= 0.6 is 11.6 Å². The van der Waals surface area contributed by atoms with E-state index in [9.17, 15) is 18.5 Å². The number of carbonyl (C=O) groups is 1. The van der Waals surface area contributed by atoms with Crippen LogP contribution in [0.25, 0.3) is 0 Å². The van der Waals surface area contributed by atoms with Crippen molar-refractivity contribution >= 4 is 33.2 Å². The zero-order chi connectivity index (χ0) is 24.3. The van der Waals surface area contributed by atoms with E-state index in [2.05, 4.69) is 9.97 Å². The van der Waals surface area contributed by atoms with Crippen molar-refractivity contribution in [3.05, 3.63) is 77.2 Å². The highest BCUT2D eigenvalue weighted by Crippen LogP contribution is 2.36. The molecule has 11 heteroatoms. The summed E-state index contributed by atoms with van der Waals surface area (Å²) in [6, 6.07) is 15.2. The van der Waals surface area contributed by atoms with Gasteiger partial charge in [0, 0.05) is 42.4 Å². The molecule has 1 aliphatic rings. The highest BCUT2D eigenvalue weighted by molar-refractivity contribution is 7.90. The lowest BCUT2D eigenvalue weighted by molar-refractivity contribution is 0.223. The van der Waals surface area contributed by atoms with Gasteiger partial charge in [0.25, 0.3) is 5.88 Å². The molecule has 1 saturated heterocycles. The van der Waals surface area contributed by atoms with E-state index in [1.165, 1.54) is 17.3 Å². The summed E-state index contributed by atoms with van der Waals surface area (Å²) in [4.78, 5) is 24.4. The first-order valence-electron chi connectivity index (χ1n) is 10.3. The SMILES string of the molecule is CS(=O)(=O)CCN1C[C@H](c2cccc(Oc3nccnc3C#N)c2)N(c2ccc(Cl)cc2)C1=O. The molecule has 2 amide bonds. The lowest BCUT2D eigenvalue weighted by Crippen LogP contribution is -2.35. The number of rotatable bonds is 7. The second kappa shape index (κ2) is 9.67. The number of hydrogen-bond acceptors (Lipinski definition) is 7. The van der Waals surface area contributed by atoms with Crippen LogP contribution in [-0.2, 0) is 9.84 Å². The number of hydrogen-bond donors (Lipinski definition) is 0. The van der Waals surface area contributed by atoms with E-state index in [1.54, 1.807) is 47.4 Å². The van der Waals surface area contributed by atoms with Crippen LogP contribution < -0.4 is 9.64 Å². The van der Waals surface area contributed by atoms with E-state index >= 15 is 0 Å². The van der Waals surface area contributed by atoms with Gasteiger partial charge in [-0.05, 0) is 42.0 Å². The molecule has 2 aromatic carbocycles. The molecule has 0 spiro atoms. The molecule has 4 rings (SSSR count). The molecule has 0 aliphatic carbocycles. The quantitative estimate of drug-likeness (QED) is 0.487. The second-order valence-electron chi connectivity index (χ2n) is 7.72. The topological polar surface area (TPSA) is 116 Å². The maximum absolute atomic E-state index is 13.3. The van der Waals surface area contributed by atoms with Gasteiger partial charge in [-0.1, -0.05) is 23.7 Å². The number of urea groups is 1. The summed E-state index contributed by atoms with van der Waals surface area (Å²) >= 11 is 6.03. The number of halogens is 1. The van der Waals surface area contributed by atoms with Gasteiger partial charge in [0.1, 0.15) is 21.7 Å². The molecule has 1 atom stereocenters. The van der Waals surface area contributed by atoms with Crippen LogP contribution in [0.4, 0.5) is 10.5 Å². The molecule has 0 N–H and O–H groups in total. The number of nitriles is 1. The summed E-state index contributed by atoms with van der Waals surface area (Å²) in [5, 5.41) is 9.77. The maximum Gasteiger partial charge on any atom is 0.325 e. The van der Waals surface area contributed by atoms with E-state index in [-0.39, 0.29) is 36.4 Å².